The summed E-state index contributed by atoms with van der Waals surface area (Å²) >= 11 is 0. The molecule has 2 aliphatic rings. The highest BCUT2D eigenvalue weighted by Crippen LogP contribution is 2.32. The highest BCUT2D eigenvalue weighted by molar-refractivity contribution is 5.97. The maximum atomic E-state index is 12.8. The fraction of sp³-hybridized carbons (Fsp3) is 0.500. The van der Waals surface area contributed by atoms with Crippen molar-refractivity contribution in [2.75, 3.05) is 11.9 Å². The molecule has 0 unspecified atom stereocenters. The molecule has 1 aromatic rings. The number of anilines is 1. The third-order valence-corrected chi connectivity index (χ3v) is 4.99. The van der Waals surface area contributed by atoms with E-state index in [4.69, 9.17) is 5.73 Å². The van der Waals surface area contributed by atoms with Crippen LogP contribution in [0.25, 0.3) is 0 Å². The zero-order chi connectivity index (χ0) is 17.1. The second-order valence-corrected chi connectivity index (χ2v) is 6.58. The lowest BCUT2D eigenvalue weighted by Gasteiger charge is -2.37. The Labute approximate surface area is 141 Å². The van der Waals surface area contributed by atoms with Crippen LogP contribution in [-0.4, -0.2) is 35.2 Å². The Morgan fingerprint density at radius 1 is 1.17 bits per heavy atom. The number of hydrogen-bond donors (Lipinski definition) is 2. The van der Waals surface area contributed by atoms with Crippen molar-refractivity contribution in [2.45, 2.75) is 44.6 Å². The summed E-state index contributed by atoms with van der Waals surface area (Å²) in [7, 11) is 0. The van der Waals surface area contributed by atoms with E-state index in [0.29, 0.717) is 17.7 Å². The zero-order valence-corrected chi connectivity index (χ0v) is 13.7. The summed E-state index contributed by atoms with van der Waals surface area (Å²) in [5, 5.41) is 2.89. The minimum Gasteiger partial charge on any atom is -0.366 e. The molecule has 2 atom stereocenters. The molecule has 1 saturated carbocycles. The van der Waals surface area contributed by atoms with Crippen LogP contribution in [0.2, 0.25) is 0 Å². The molecule has 0 bridgehead atoms. The fourth-order valence-corrected chi connectivity index (χ4v) is 3.80. The summed E-state index contributed by atoms with van der Waals surface area (Å²) in [4.78, 5) is 38.0. The van der Waals surface area contributed by atoms with Gasteiger partial charge in [0.05, 0.1) is 5.92 Å². The van der Waals surface area contributed by atoms with Crippen LogP contribution < -0.4 is 11.1 Å². The first-order valence-corrected chi connectivity index (χ1v) is 8.56. The summed E-state index contributed by atoms with van der Waals surface area (Å²) in [6.07, 6.45) is 5.18. The molecule has 1 heterocycles. The average Bonchev–Trinajstić information content (AvgIpc) is 3.01. The van der Waals surface area contributed by atoms with E-state index in [2.05, 4.69) is 5.32 Å². The van der Waals surface area contributed by atoms with Gasteiger partial charge in [0, 0.05) is 30.3 Å². The maximum absolute atomic E-state index is 12.8. The van der Waals surface area contributed by atoms with Crippen LogP contribution in [0.3, 0.4) is 0 Å². The second kappa shape index (κ2) is 7.03. The van der Waals surface area contributed by atoms with E-state index in [-0.39, 0.29) is 23.8 Å². The van der Waals surface area contributed by atoms with Crippen molar-refractivity contribution in [3.63, 3.8) is 0 Å². The first-order valence-electron chi connectivity index (χ1n) is 8.56. The van der Waals surface area contributed by atoms with Gasteiger partial charge in [-0.1, -0.05) is 18.9 Å². The molecule has 24 heavy (non-hydrogen) atoms. The number of amides is 3. The number of rotatable bonds is 4. The van der Waals surface area contributed by atoms with E-state index in [1.807, 2.05) is 4.90 Å². The molecular weight excluding hydrogens is 306 g/mol. The third-order valence-electron chi connectivity index (χ3n) is 4.99. The van der Waals surface area contributed by atoms with Crippen molar-refractivity contribution >= 4 is 23.4 Å². The van der Waals surface area contributed by atoms with Crippen molar-refractivity contribution in [2.24, 2.45) is 11.7 Å². The summed E-state index contributed by atoms with van der Waals surface area (Å²) in [6.45, 7) is 0.754. The number of nitrogens with zero attached hydrogens (tertiary/aromatic N) is 1. The van der Waals surface area contributed by atoms with Crippen molar-refractivity contribution < 1.29 is 14.4 Å². The number of likely N-dealkylation sites (tertiary alicyclic amines) is 1. The number of nitrogens with one attached hydrogen (secondary N) is 1. The van der Waals surface area contributed by atoms with Gasteiger partial charge >= 0.3 is 0 Å². The Bertz CT molecular complexity index is 659. The highest BCUT2D eigenvalue weighted by Gasteiger charge is 2.38. The molecule has 1 saturated heterocycles. The lowest BCUT2D eigenvalue weighted by Crippen LogP contribution is -2.47. The standard InChI is InChI=1S/C18H23N3O3/c19-17(23)12-5-3-6-13(11-12)20-18(24)14-7-1-2-8-15(14)21-10-4-9-16(21)22/h3,5-6,11,14-15H,1-2,4,7-10H2,(H2,19,23)(H,20,24)/t14-,15+/m1/s1. The lowest BCUT2D eigenvalue weighted by molar-refractivity contribution is -0.133. The van der Waals surface area contributed by atoms with Crippen LogP contribution in [0.1, 0.15) is 48.9 Å². The summed E-state index contributed by atoms with van der Waals surface area (Å²) in [5.74, 6) is -0.640. The van der Waals surface area contributed by atoms with Gasteiger partial charge in [0.1, 0.15) is 0 Å². The van der Waals surface area contributed by atoms with Gasteiger partial charge in [-0.25, -0.2) is 0 Å². The summed E-state index contributed by atoms with van der Waals surface area (Å²) in [5.41, 5.74) is 6.21. The quantitative estimate of drug-likeness (QED) is 0.883. The fourth-order valence-electron chi connectivity index (χ4n) is 3.80. The Kier molecular flexibility index (Phi) is 4.83. The smallest absolute Gasteiger partial charge is 0.248 e. The molecule has 1 aliphatic heterocycles. The number of carbonyl (C=O) groups is 3. The molecule has 128 valence electrons. The van der Waals surface area contributed by atoms with Gasteiger partial charge in [-0.15, -0.1) is 0 Å². The molecule has 3 amide bonds. The van der Waals surface area contributed by atoms with Crippen molar-refractivity contribution in [1.82, 2.24) is 4.90 Å². The number of primary amides is 1. The Morgan fingerprint density at radius 3 is 2.67 bits per heavy atom. The van der Waals surface area contributed by atoms with Gasteiger partial charge in [0.15, 0.2) is 0 Å². The van der Waals surface area contributed by atoms with Crippen LogP contribution in [-0.2, 0) is 9.59 Å². The van der Waals surface area contributed by atoms with Gasteiger partial charge in [-0.05, 0) is 37.5 Å². The van der Waals surface area contributed by atoms with Crippen LogP contribution in [0.4, 0.5) is 5.69 Å². The van der Waals surface area contributed by atoms with E-state index in [1.165, 1.54) is 0 Å². The van der Waals surface area contributed by atoms with E-state index in [0.717, 1.165) is 38.6 Å². The third kappa shape index (κ3) is 3.42. The van der Waals surface area contributed by atoms with Crippen LogP contribution in [0.5, 0.6) is 0 Å². The first kappa shape index (κ1) is 16.5. The molecular formula is C18H23N3O3. The van der Waals surface area contributed by atoms with Gasteiger partial charge < -0.3 is 16.0 Å². The predicted molar refractivity (Wildman–Crippen MR) is 90.3 cm³/mol. The van der Waals surface area contributed by atoms with Gasteiger partial charge in [0.2, 0.25) is 17.7 Å². The predicted octanol–water partition coefficient (Wildman–Crippen LogP) is 1.91. The van der Waals surface area contributed by atoms with E-state index < -0.39 is 5.91 Å². The normalized spacial score (nSPS) is 24.0. The SMILES string of the molecule is NC(=O)c1cccc(NC(=O)[C@@H]2CCCC[C@@H]2N2CCCC2=O)c1. The van der Waals surface area contributed by atoms with Crippen molar-refractivity contribution in [3.8, 4) is 0 Å². The molecule has 0 radical (unpaired) electrons. The molecule has 6 heteroatoms. The Balaban J connectivity index is 1.73. The topological polar surface area (TPSA) is 92.5 Å². The zero-order valence-electron chi connectivity index (χ0n) is 13.7. The number of benzene rings is 1. The van der Waals surface area contributed by atoms with Crippen LogP contribution in [0, 0.1) is 5.92 Å². The van der Waals surface area contributed by atoms with Gasteiger partial charge in [-0.3, -0.25) is 14.4 Å². The van der Waals surface area contributed by atoms with Crippen molar-refractivity contribution in [1.29, 1.82) is 0 Å². The lowest BCUT2D eigenvalue weighted by atomic mass is 9.83. The van der Waals surface area contributed by atoms with Crippen LogP contribution in [0.15, 0.2) is 24.3 Å². The molecule has 3 rings (SSSR count). The van der Waals surface area contributed by atoms with Gasteiger partial charge in [-0.2, -0.15) is 0 Å². The molecule has 0 aromatic heterocycles. The van der Waals surface area contributed by atoms with E-state index in [9.17, 15) is 14.4 Å². The Hall–Kier alpha value is -2.37. The second-order valence-electron chi connectivity index (χ2n) is 6.58. The minimum atomic E-state index is -0.524. The molecule has 3 N–H and O–H groups in total. The van der Waals surface area contributed by atoms with Gasteiger partial charge in [0.25, 0.3) is 0 Å². The average molecular weight is 329 g/mol. The molecule has 0 spiro atoms. The van der Waals surface area contributed by atoms with Crippen LogP contribution >= 0.6 is 0 Å². The minimum absolute atomic E-state index is 0.00641. The maximum Gasteiger partial charge on any atom is 0.248 e. The van der Waals surface area contributed by atoms with E-state index in [1.54, 1.807) is 24.3 Å². The highest BCUT2D eigenvalue weighted by atomic mass is 16.2. The first-order chi connectivity index (χ1) is 11.6. The Morgan fingerprint density at radius 2 is 1.96 bits per heavy atom. The monoisotopic (exact) mass is 329 g/mol. The number of nitrogens with two attached hydrogens (primary N) is 1. The summed E-state index contributed by atoms with van der Waals surface area (Å²) < 4.78 is 0. The largest absolute Gasteiger partial charge is 0.366 e. The van der Waals surface area contributed by atoms with E-state index >= 15 is 0 Å². The molecule has 2 fully saturated rings. The molecule has 1 aliphatic carbocycles. The molecule has 6 nitrogen and oxygen atoms in total. The summed E-state index contributed by atoms with van der Waals surface area (Å²) in [6, 6.07) is 6.62. The number of hydrogen-bond acceptors (Lipinski definition) is 3. The number of carbonyl (C=O) groups excluding carboxylic acids is 3. The van der Waals surface area contributed by atoms with Crippen molar-refractivity contribution in [3.05, 3.63) is 29.8 Å². The molecule has 1 aromatic carbocycles.